The lowest BCUT2D eigenvalue weighted by atomic mass is 9.79. The minimum Gasteiger partial charge on any atom is -0.448 e. The molecule has 0 heterocycles. The molecule has 0 aromatic heterocycles. The summed E-state index contributed by atoms with van der Waals surface area (Å²) >= 11 is 0. The van der Waals surface area contributed by atoms with Gasteiger partial charge < -0.3 is 14.2 Å². The molecule has 0 bridgehead atoms. The van der Waals surface area contributed by atoms with Crippen molar-refractivity contribution in [1.82, 2.24) is 0 Å². The van der Waals surface area contributed by atoms with Gasteiger partial charge in [-0.15, -0.1) is 0 Å². The second-order valence-electron chi connectivity index (χ2n) is 7.81. The maximum atomic E-state index is 12.9. The van der Waals surface area contributed by atoms with Crippen molar-refractivity contribution < 1.29 is 19.0 Å². The zero-order valence-electron chi connectivity index (χ0n) is 19.0. The molecule has 0 spiro atoms. The number of hydrogen-bond acceptors (Lipinski definition) is 4. The highest BCUT2D eigenvalue weighted by atomic mass is 16.7. The molecule has 0 aliphatic heterocycles. The second kappa shape index (κ2) is 10.1. The molecule has 4 heteroatoms. The minimum atomic E-state index is -1.53. The van der Waals surface area contributed by atoms with E-state index in [1.807, 2.05) is 121 Å². The molecule has 4 nitrogen and oxygen atoms in total. The second-order valence-corrected chi connectivity index (χ2v) is 7.81. The average molecular weight is 451 g/mol. The smallest absolute Gasteiger partial charge is 0.331 e. The zero-order valence-corrected chi connectivity index (χ0v) is 19.0. The summed E-state index contributed by atoms with van der Waals surface area (Å²) in [6, 6.07) is 37.6. The first-order chi connectivity index (χ1) is 16.6. The number of para-hydroxylation sites is 2. The predicted molar refractivity (Wildman–Crippen MR) is 132 cm³/mol. The van der Waals surface area contributed by atoms with Crippen LogP contribution in [0, 0.1) is 0 Å². The predicted octanol–water partition coefficient (Wildman–Crippen LogP) is 6.53. The SMILES string of the molecule is C=CC(=O)OC(c1ccccc1)(c1ccccc1)C(C)(Oc1ccccc1)Oc1ccccc1. The molecule has 0 N–H and O–H groups in total. The number of carbonyl (C=O) groups excluding carboxylic acids is 1. The van der Waals surface area contributed by atoms with Gasteiger partial charge >= 0.3 is 5.97 Å². The fourth-order valence-electron chi connectivity index (χ4n) is 4.03. The van der Waals surface area contributed by atoms with Crippen molar-refractivity contribution in [3.05, 3.63) is 145 Å². The molecule has 0 unspecified atom stereocenters. The average Bonchev–Trinajstić information content (AvgIpc) is 2.89. The molecule has 4 rings (SSSR count). The number of hydrogen-bond donors (Lipinski definition) is 0. The Morgan fingerprint density at radius 3 is 1.35 bits per heavy atom. The van der Waals surface area contributed by atoms with Crippen molar-refractivity contribution in [3.63, 3.8) is 0 Å². The van der Waals surface area contributed by atoms with Crippen molar-refractivity contribution in [1.29, 1.82) is 0 Å². The first-order valence-electron chi connectivity index (χ1n) is 11.0. The maximum absolute atomic E-state index is 12.9. The van der Waals surface area contributed by atoms with Gasteiger partial charge in [-0.3, -0.25) is 0 Å². The van der Waals surface area contributed by atoms with Crippen LogP contribution < -0.4 is 9.47 Å². The Bertz CT molecular complexity index is 1120. The lowest BCUT2D eigenvalue weighted by molar-refractivity contribution is -0.232. The van der Waals surface area contributed by atoms with E-state index in [-0.39, 0.29) is 0 Å². The molecule has 170 valence electrons. The van der Waals surface area contributed by atoms with Crippen LogP contribution in [-0.2, 0) is 15.1 Å². The van der Waals surface area contributed by atoms with E-state index in [1.165, 1.54) is 0 Å². The normalized spacial score (nSPS) is 11.3. The number of esters is 1. The number of benzene rings is 4. The van der Waals surface area contributed by atoms with Crippen molar-refractivity contribution in [2.75, 3.05) is 0 Å². The summed E-state index contributed by atoms with van der Waals surface area (Å²) in [6.07, 6.45) is 1.14. The van der Waals surface area contributed by atoms with Gasteiger partial charge in [-0.05, 0) is 24.3 Å². The first-order valence-corrected chi connectivity index (χ1v) is 11.0. The van der Waals surface area contributed by atoms with Crippen molar-refractivity contribution in [2.24, 2.45) is 0 Å². The number of rotatable bonds is 9. The molecule has 4 aromatic rings. The monoisotopic (exact) mass is 450 g/mol. The standard InChI is InChI=1S/C30H26O4/c1-3-28(31)34-30(24-16-8-4-9-17-24,25-18-10-5-11-19-25)29(2,32-26-20-12-6-13-21-26)33-27-22-14-7-15-23-27/h3-23H,1H2,2H3. The lowest BCUT2D eigenvalue weighted by Gasteiger charge is -2.47. The van der Waals surface area contributed by atoms with Gasteiger partial charge in [0.05, 0.1) is 0 Å². The molecular weight excluding hydrogens is 424 g/mol. The van der Waals surface area contributed by atoms with E-state index < -0.39 is 17.4 Å². The number of ether oxygens (including phenoxy) is 3. The number of carbonyl (C=O) groups is 1. The van der Waals surface area contributed by atoms with Gasteiger partial charge in [0.2, 0.25) is 5.60 Å². The van der Waals surface area contributed by atoms with Crippen LogP contribution in [0.15, 0.2) is 134 Å². The van der Waals surface area contributed by atoms with Crippen LogP contribution in [0.3, 0.4) is 0 Å². The molecule has 0 atom stereocenters. The molecule has 4 aromatic carbocycles. The molecule has 0 saturated carbocycles. The molecule has 0 saturated heterocycles. The molecule has 34 heavy (non-hydrogen) atoms. The van der Waals surface area contributed by atoms with Crippen molar-refractivity contribution in [2.45, 2.75) is 18.3 Å². The Kier molecular flexibility index (Phi) is 6.79. The van der Waals surface area contributed by atoms with Crippen molar-refractivity contribution >= 4 is 5.97 Å². The molecule has 0 amide bonds. The Morgan fingerprint density at radius 1 is 0.647 bits per heavy atom. The highest BCUT2D eigenvalue weighted by molar-refractivity contribution is 5.82. The Labute approximate surface area is 200 Å². The first kappa shape index (κ1) is 22.9. The van der Waals surface area contributed by atoms with Gasteiger partial charge in [-0.1, -0.05) is 104 Å². The maximum Gasteiger partial charge on any atom is 0.331 e. The summed E-state index contributed by atoms with van der Waals surface area (Å²) in [6.45, 7) is 5.41. The molecular formula is C30H26O4. The largest absolute Gasteiger partial charge is 0.448 e. The van der Waals surface area contributed by atoms with E-state index in [1.54, 1.807) is 6.92 Å². The van der Waals surface area contributed by atoms with E-state index >= 15 is 0 Å². The Morgan fingerprint density at radius 2 is 1.00 bits per heavy atom. The van der Waals surface area contributed by atoms with Crippen LogP contribution in [0.4, 0.5) is 0 Å². The van der Waals surface area contributed by atoms with E-state index in [4.69, 9.17) is 14.2 Å². The summed E-state index contributed by atoms with van der Waals surface area (Å²) in [5, 5.41) is 0. The fourth-order valence-corrected chi connectivity index (χ4v) is 4.03. The van der Waals surface area contributed by atoms with Gasteiger partial charge in [0.15, 0.2) is 0 Å². The van der Waals surface area contributed by atoms with E-state index in [0.29, 0.717) is 22.6 Å². The summed E-state index contributed by atoms with van der Waals surface area (Å²) in [7, 11) is 0. The Hall–Kier alpha value is -4.31. The van der Waals surface area contributed by atoms with Crippen LogP contribution in [-0.4, -0.2) is 11.8 Å². The third kappa shape index (κ3) is 4.57. The third-order valence-corrected chi connectivity index (χ3v) is 5.53. The highest BCUT2D eigenvalue weighted by Crippen LogP contribution is 2.46. The molecule has 0 radical (unpaired) electrons. The van der Waals surface area contributed by atoms with Gasteiger partial charge in [0, 0.05) is 24.1 Å². The van der Waals surface area contributed by atoms with E-state index in [2.05, 4.69) is 6.58 Å². The van der Waals surface area contributed by atoms with Crippen molar-refractivity contribution in [3.8, 4) is 11.5 Å². The lowest BCUT2D eigenvalue weighted by Crippen LogP contribution is -2.60. The van der Waals surface area contributed by atoms with E-state index in [0.717, 1.165) is 6.08 Å². The van der Waals surface area contributed by atoms with Crippen LogP contribution in [0.1, 0.15) is 18.1 Å². The van der Waals surface area contributed by atoms with Gasteiger partial charge in [-0.25, -0.2) is 4.79 Å². The van der Waals surface area contributed by atoms with Crippen LogP contribution in [0.5, 0.6) is 11.5 Å². The van der Waals surface area contributed by atoms with Crippen LogP contribution >= 0.6 is 0 Å². The van der Waals surface area contributed by atoms with E-state index in [9.17, 15) is 4.79 Å². The topological polar surface area (TPSA) is 44.8 Å². The van der Waals surface area contributed by atoms with Crippen LogP contribution in [0.25, 0.3) is 0 Å². The quantitative estimate of drug-likeness (QED) is 0.165. The van der Waals surface area contributed by atoms with Gasteiger partial charge in [-0.2, -0.15) is 0 Å². The zero-order chi connectivity index (χ0) is 23.9. The van der Waals surface area contributed by atoms with Crippen LogP contribution in [0.2, 0.25) is 0 Å². The Balaban J connectivity index is 2.02. The summed E-state index contributed by atoms with van der Waals surface area (Å²) in [5.74, 6) is -1.01. The highest BCUT2D eigenvalue weighted by Gasteiger charge is 2.59. The molecule has 0 aliphatic carbocycles. The van der Waals surface area contributed by atoms with Gasteiger partial charge in [0.25, 0.3) is 5.79 Å². The summed E-state index contributed by atoms with van der Waals surface area (Å²) in [5.41, 5.74) is -0.122. The summed E-state index contributed by atoms with van der Waals surface area (Å²) < 4.78 is 19.4. The molecule has 0 aliphatic rings. The minimum absolute atomic E-state index is 0.562. The fraction of sp³-hybridized carbons (Fsp3) is 0.100. The summed E-state index contributed by atoms with van der Waals surface area (Å²) in [4.78, 5) is 12.9. The third-order valence-electron chi connectivity index (χ3n) is 5.53. The molecule has 0 fully saturated rings. The van der Waals surface area contributed by atoms with Gasteiger partial charge in [0.1, 0.15) is 11.5 Å².